The maximum Gasteiger partial charge on any atom is 0.270 e. The number of halogens is 1. The highest BCUT2D eigenvalue weighted by Crippen LogP contribution is 2.19. The Bertz CT molecular complexity index is 515. The lowest BCUT2D eigenvalue weighted by Gasteiger charge is -1.96. The molecule has 0 fully saturated rings. The van der Waals surface area contributed by atoms with E-state index in [2.05, 4.69) is 9.97 Å². The van der Waals surface area contributed by atoms with Gasteiger partial charge >= 0.3 is 0 Å². The Hall–Kier alpha value is -2.11. The minimum absolute atomic E-state index is 0.0571. The molecule has 0 saturated heterocycles. The van der Waals surface area contributed by atoms with Crippen LogP contribution in [-0.2, 0) is 0 Å². The highest BCUT2D eigenvalue weighted by atomic mass is 19.1. The zero-order valence-electron chi connectivity index (χ0n) is 6.85. The first-order valence-electron chi connectivity index (χ1n) is 3.73. The number of fused-ring (bicyclic) bond motifs is 1. The average Bonchev–Trinajstić information content (AvgIpc) is 2.18. The molecule has 0 amide bonds. The van der Waals surface area contributed by atoms with Crippen LogP contribution < -0.4 is 0 Å². The van der Waals surface area contributed by atoms with Gasteiger partial charge in [0.1, 0.15) is 6.33 Å². The van der Waals surface area contributed by atoms with Gasteiger partial charge in [0.2, 0.25) is 5.95 Å². The van der Waals surface area contributed by atoms with E-state index >= 15 is 0 Å². The molecular weight excluding hydrogens is 189 g/mol. The van der Waals surface area contributed by atoms with Crippen molar-refractivity contribution in [1.29, 1.82) is 0 Å². The molecule has 0 atom stereocenters. The number of hydrogen-bond acceptors (Lipinski definition) is 4. The van der Waals surface area contributed by atoms with Gasteiger partial charge in [-0.25, -0.2) is 9.97 Å². The Kier molecular flexibility index (Phi) is 1.81. The van der Waals surface area contributed by atoms with Gasteiger partial charge in [-0.05, 0) is 6.07 Å². The summed E-state index contributed by atoms with van der Waals surface area (Å²) in [5, 5.41) is 10.5. The first kappa shape index (κ1) is 8.49. The first-order valence-corrected chi connectivity index (χ1v) is 3.73. The van der Waals surface area contributed by atoms with E-state index in [1.54, 1.807) is 0 Å². The van der Waals surface area contributed by atoms with Gasteiger partial charge in [-0.3, -0.25) is 10.1 Å². The molecule has 0 N–H and O–H groups in total. The van der Waals surface area contributed by atoms with Crippen molar-refractivity contribution in [3.8, 4) is 0 Å². The summed E-state index contributed by atoms with van der Waals surface area (Å²) in [5.74, 6) is -0.751. The summed E-state index contributed by atoms with van der Waals surface area (Å²) in [6.45, 7) is 0. The summed E-state index contributed by atoms with van der Waals surface area (Å²) >= 11 is 0. The zero-order valence-corrected chi connectivity index (χ0v) is 6.85. The Balaban J connectivity index is 2.76. The molecule has 0 aliphatic carbocycles. The van der Waals surface area contributed by atoms with Crippen LogP contribution in [0.15, 0.2) is 24.5 Å². The molecular formula is C8H4FN3O2. The molecule has 0 aliphatic heterocycles. The maximum absolute atomic E-state index is 13.1. The Morgan fingerprint density at radius 2 is 2.14 bits per heavy atom. The number of hydrogen-bond donors (Lipinski definition) is 0. The quantitative estimate of drug-likeness (QED) is 0.392. The zero-order chi connectivity index (χ0) is 10.1. The molecule has 0 aliphatic rings. The summed E-state index contributed by atoms with van der Waals surface area (Å²) in [4.78, 5) is 16.9. The standard InChI is InChI=1S/C8H4FN3O2/c9-8-6-3-5(12(13)14)1-2-7(6)10-4-11-8/h1-4H. The average molecular weight is 193 g/mol. The summed E-state index contributed by atoms with van der Waals surface area (Å²) in [7, 11) is 0. The Morgan fingerprint density at radius 3 is 2.86 bits per heavy atom. The fraction of sp³-hybridized carbons (Fsp3) is 0. The molecule has 2 rings (SSSR count). The van der Waals surface area contributed by atoms with E-state index in [1.165, 1.54) is 12.1 Å². The summed E-state index contributed by atoms with van der Waals surface area (Å²) < 4.78 is 13.1. The normalized spacial score (nSPS) is 10.4. The van der Waals surface area contributed by atoms with Crippen LogP contribution in [0.5, 0.6) is 0 Å². The monoisotopic (exact) mass is 193 g/mol. The van der Waals surface area contributed by atoms with Gasteiger partial charge in [-0.2, -0.15) is 4.39 Å². The lowest BCUT2D eigenvalue weighted by atomic mass is 10.2. The molecule has 1 aromatic heterocycles. The first-order chi connectivity index (χ1) is 6.68. The van der Waals surface area contributed by atoms with Crippen LogP contribution in [0.3, 0.4) is 0 Å². The predicted molar refractivity (Wildman–Crippen MR) is 46.2 cm³/mol. The number of nitro groups is 1. The largest absolute Gasteiger partial charge is 0.270 e. The predicted octanol–water partition coefficient (Wildman–Crippen LogP) is 1.68. The summed E-state index contributed by atoms with van der Waals surface area (Å²) in [6, 6.07) is 3.78. The van der Waals surface area contributed by atoms with Crippen LogP contribution in [0.25, 0.3) is 10.9 Å². The molecule has 0 unspecified atom stereocenters. The summed E-state index contributed by atoms with van der Waals surface area (Å²) in [6.07, 6.45) is 1.07. The Morgan fingerprint density at radius 1 is 1.36 bits per heavy atom. The second-order valence-corrected chi connectivity index (χ2v) is 2.62. The van der Waals surface area contributed by atoms with Crippen molar-refractivity contribution >= 4 is 16.6 Å². The van der Waals surface area contributed by atoms with Gasteiger partial charge < -0.3 is 0 Å². The molecule has 0 spiro atoms. The molecule has 70 valence electrons. The number of benzene rings is 1. The molecule has 5 nitrogen and oxygen atoms in total. The molecule has 0 saturated carbocycles. The Labute approximate surface area is 77.4 Å². The fourth-order valence-electron chi connectivity index (χ4n) is 1.13. The molecule has 0 bridgehead atoms. The van der Waals surface area contributed by atoms with Gasteiger partial charge in [0.15, 0.2) is 0 Å². The van der Waals surface area contributed by atoms with Crippen LogP contribution in [0, 0.1) is 16.1 Å². The minimum Gasteiger partial charge on any atom is -0.258 e. The summed E-state index contributed by atoms with van der Waals surface area (Å²) in [5.41, 5.74) is 0.175. The number of non-ortho nitro benzene ring substituents is 1. The lowest BCUT2D eigenvalue weighted by molar-refractivity contribution is -0.384. The highest BCUT2D eigenvalue weighted by molar-refractivity contribution is 5.80. The third kappa shape index (κ3) is 1.26. The van der Waals surface area contributed by atoms with Crippen LogP contribution in [0.2, 0.25) is 0 Å². The van der Waals surface area contributed by atoms with Crippen molar-refractivity contribution in [2.75, 3.05) is 0 Å². The van der Waals surface area contributed by atoms with Crippen molar-refractivity contribution in [3.05, 3.63) is 40.6 Å². The third-order valence-electron chi connectivity index (χ3n) is 1.78. The van der Waals surface area contributed by atoms with E-state index in [-0.39, 0.29) is 11.1 Å². The number of aromatic nitrogens is 2. The van der Waals surface area contributed by atoms with Crippen LogP contribution in [0.4, 0.5) is 10.1 Å². The van der Waals surface area contributed by atoms with Crippen molar-refractivity contribution in [2.24, 2.45) is 0 Å². The van der Waals surface area contributed by atoms with Gasteiger partial charge in [0.25, 0.3) is 5.69 Å². The van der Waals surface area contributed by atoms with E-state index < -0.39 is 10.9 Å². The molecule has 14 heavy (non-hydrogen) atoms. The van der Waals surface area contributed by atoms with E-state index in [9.17, 15) is 14.5 Å². The van der Waals surface area contributed by atoms with Crippen molar-refractivity contribution in [3.63, 3.8) is 0 Å². The number of nitro benzene ring substituents is 1. The second-order valence-electron chi connectivity index (χ2n) is 2.62. The van der Waals surface area contributed by atoms with Gasteiger partial charge in [-0.15, -0.1) is 0 Å². The van der Waals surface area contributed by atoms with Gasteiger partial charge in [0, 0.05) is 12.1 Å². The topological polar surface area (TPSA) is 68.9 Å². The number of rotatable bonds is 1. The third-order valence-corrected chi connectivity index (χ3v) is 1.78. The van der Waals surface area contributed by atoms with Crippen molar-refractivity contribution in [2.45, 2.75) is 0 Å². The van der Waals surface area contributed by atoms with Gasteiger partial charge in [-0.1, -0.05) is 0 Å². The van der Waals surface area contributed by atoms with Gasteiger partial charge in [0.05, 0.1) is 15.8 Å². The lowest BCUT2D eigenvalue weighted by Crippen LogP contribution is -1.91. The van der Waals surface area contributed by atoms with E-state index in [0.717, 1.165) is 12.4 Å². The van der Waals surface area contributed by atoms with Crippen LogP contribution >= 0.6 is 0 Å². The SMILES string of the molecule is O=[N+]([O-])c1ccc2ncnc(F)c2c1. The highest BCUT2D eigenvalue weighted by Gasteiger charge is 2.09. The van der Waals surface area contributed by atoms with E-state index in [4.69, 9.17) is 0 Å². The molecule has 0 radical (unpaired) electrons. The fourth-order valence-corrected chi connectivity index (χ4v) is 1.13. The molecule has 2 aromatic rings. The van der Waals surface area contributed by atoms with E-state index in [0.29, 0.717) is 5.52 Å². The second kappa shape index (κ2) is 2.99. The molecule has 6 heteroatoms. The van der Waals surface area contributed by atoms with E-state index in [1.807, 2.05) is 0 Å². The smallest absolute Gasteiger partial charge is 0.258 e. The maximum atomic E-state index is 13.1. The molecule has 1 heterocycles. The number of nitrogens with zero attached hydrogens (tertiary/aromatic N) is 3. The van der Waals surface area contributed by atoms with Crippen molar-refractivity contribution in [1.82, 2.24) is 9.97 Å². The van der Waals surface area contributed by atoms with Crippen LogP contribution in [0.1, 0.15) is 0 Å². The van der Waals surface area contributed by atoms with Crippen LogP contribution in [-0.4, -0.2) is 14.9 Å². The molecule has 1 aromatic carbocycles. The minimum atomic E-state index is -0.751. The van der Waals surface area contributed by atoms with Crippen molar-refractivity contribution < 1.29 is 9.31 Å².